The summed E-state index contributed by atoms with van der Waals surface area (Å²) in [4.78, 5) is 0. The van der Waals surface area contributed by atoms with Gasteiger partial charge in [0.2, 0.25) is 10.0 Å². The molecule has 1 rings (SSSR count). The maximum absolute atomic E-state index is 12.0. The number of benzene rings is 1. The zero-order valence-electron chi connectivity index (χ0n) is 12.4. The van der Waals surface area contributed by atoms with Gasteiger partial charge >= 0.3 is 0 Å². The lowest BCUT2D eigenvalue weighted by atomic mass is 9.97. The maximum Gasteiger partial charge on any atom is 0.214 e. The summed E-state index contributed by atoms with van der Waals surface area (Å²) in [6, 6.07) is 7.15. The van der Waals surface area contributed by atoms with Gasteiger partial charge in [-0.3, -0.25) is 0 Å². The van der Waals surface area contributed by atoms with E-state index in [9.17, 15) is 8.42 Å². The molecule has 0 aliphatic rings. The third-order valence-electron chi connectivity index (χ3n) is 3.00. The lowest BCUT2D eigenvalue weighted by molar-refractivity contribution is 0.216. The topological polar surface area (TPSA) is 64.6 Å². The van der Waals surface area contributed by atoms with Crippen LogP contribution in [-0.2, 0) is 14.8 Å². The lowest BCUT2D eigenvalue weighted by Gasteiger charge is -2.23. The van der Waals surface area contributed by atoms with Crippen molar-refractivity contribution in [2.45, 2.75) is 19.9 Å². The number of methoxy groups -OCH3 is 2. The molecule has 1 aromatic carbocycles. The van der Waals surface area contributed by atoms with E-state index in [-0.39, 0.29) is 24.3 Å². The van der Waals surface area contributed by atoms with Gasteiger partial charge in [0.05, 0.1) is 19.5 Å². The van der Waals surface area contributed by atoms with Gasteiger partial charge < -0.3 is 9.47 Å². The van der Waals surface area contributed by atoms with Crippen molar-refractivity contribution in [1.82, 2.24) is 4.72 Å². The molecule has 20 heavy (non-hydrogen) atoms. The molecule has 6 heteroatoms. The first-order chi connectivity index (χ1) is 9.39. The summed E-state index contributed by atoms with van der Waals surface area (Å²) in [5.41, 5.74) is 0.918. The normalized spacial score (nSPS) is 13.4. The van der Waals surface area contributed by atoms with Gasteiger partial charge in [-0.25, -0.2) is 13.1 Å². The van der Waals surface area contributed by atoms with Crippen molar-refractivity contribution in [3.63, 3.8) is 0 Å². The molecule has 0 saturated heterocycles. The van der Waals surface area contributed by atoms with Crippen LogP contribution < -0.4 is 9.46 Å². The molecule has 0 amide bonds. The highest BCUT2D eigenvalue weighted by Gasteiger charge is 2.22. The van der Waals surface area contributed by atoms with Gasteiger partial charge in [0.1, 0.15) is 5.75 Å². The Hall–Kier alpha value is -1.11. The number of hydrogen-bond acceptors (Lipinski definition) is 4. The Morgan fingerprint density at radius 2 is 1.75 bits per heavy atom. The second-order valence-electron chi connectivity index (χ2n) is 4.92. The number of sulfonamides is 1. The molecule has 1 atom stereocenters. The van der Waals surface area contributed by atoms with Crippen molar-refractivity contribution in [2.24, 2.45) is 5.92 Å². The van der Waals surface area contributed by atoms with Crippen molar-refractivity contribution in [3.8, 4) is 5.75 Å². The molecule has 1 aromatic rings. The van der Waals surface area contributed by atoms with Crippen molar-refractivity contribution in [1.29, 1.82) is 0 Å². The molecule has 0 heterocycles. The summed E-state index contributed by atoms with van der Waals surface area (Å²) < 4.78 is 36.6. The van der Waals surface area contributed by atoms with Gasteiger partial charge in [-0.1, -0.05) is 26.0 Å². The Labute approximate surface area is 121 Å². The van der Waals surface area contributed by atoms with Crippen LogP contribution in [0.2, 0.25) is 0 Å². The van der Waals surface area contributed by atoms with E-state index >= 15 is 0 Å². The van der Waals surface area contributed by atoms with Crippen molar-refractivity contribution in [2.75, 3.05) is 26.6 Å². The minimum Gasteiger partial charge on any atom is -0.497 e. The quantitative estimate of drug-likeness (QED) is 0.797. The molecule has 5 nitrogen and oxygen atoms in total. The first-order valence-electron chi connectivity index (χ1n) is 6.52. The molecule has 114 valence electrons. The summed E-state index contributed by atoms with van der Waals surface area (Å²) in [5, 5.41) is 0. The molecule has 0 bridgehead atoms. The van der Waals surface area contributed by atoms with E-state index in [4.69, 9.17) is 9.47 Å². The smallest absolute Gasteiger partial charge is 0.214 e. The molecule has 1 N–H and O–H groups in total. The summed E-state index contributed by atoms with van der Waals surface area (Å²) >= 11 is 0. The van der Waals surface area contributed by atoms with Gasteiger partial charge in [0.25, 0.3) is 0 Å². The molecule has 0 aliphatic carbocycles. The van der Waals surface area contributed by atoms with Gasteiger partial charge in [-0.2, -0.15) is 0 Å². The predicted octanol–water partition coefficient (Wildman–Crippen LogP) is 1.96. The maximum atomic E-state index is 12.0. The lowest BCUT2D eigenvalue weighted by Crippen LogP contribution is -2.34. The van der Waals surface area contributed by atoms with Crippen molar-refractivity contribution >= 4 is 10.0 Å². The van der Waals surface area contributed by atoms with Crippen LogP contribution in [0.5, 0.6) is 5.75 Å². The Bertz CT molecular complexity index is 496. The average Bonchev–Trinajstić information content (AvgIpc) is 2.43. The summed E-state index contributed by atoms with van der Waals surface area (Å²) in [7, 11) is -0.273. The highest BCUT2D eigenvalue weighted by molar-refractivity contribution is 7.89. The Balaban J connectivity index is 2.88. The molecule has 0 unspecified atom stereocenters. The third-order valence-corrected chi connectivity index (χ3v) is 4.32. The largest absolute Gasteiger partial charge is 0.497 e. The van der Waals surface area contributed by atoms with E-state index in [0.717, 1.165) is 11.3 Å². The fourth-order valence-electron chi connectivity index (χ4n) is 1.85. The average molecular weight is 301 g/mol. The summed E-state index contributed by atoms with van der Waals surface area (Å²) in [6.07, 6.45) is 0. The van der Waals surface area contributed by atoms with Crippen molar-refractivity contribution < 1.29 is 17.9 Å². The summed E-state index contributed by atoms with van der Waals surface area (Å²) in [6.45, 7) is 4.14. The first-order valence-corrected chi connectivity index (χ1v) is 8.17. The predicted molar refractivity (Wildman–Crippen MR) is 79.4 cm³/mol. The molecule has 0 aromatic heterocycles. The third kappa shape index (κ3) is 5.11. The second kappa shape index (κ2) is 7.61. The fourth-order valence-corrected chi connectivity index (χ4v) is 3.14. The molecule has 0 radical (unpaired) electrons. The van der Waals surface area contributed by atoms with Gasteiger partial charge in [0, 0.05) is 13.2 Å². The van der Waals surface area contributed by atoms with Crippen LogP contribution >= 0.6 is 0 Å². The number of hydrogen-bond donors (Lipinski definition) is 1. The number of nitrogens with one attached hydrogen (secondary N) is 1. The van der Waals surface area contributed by atoms with Crippen LogP contribution in [0.4, 0.5) is 0 Å². The molecule has 0 saturated carbocycles. The van der Waals surface area contributed by atoms with E-state index in [2.05, 4.69) is 4.72 Å². The Kier molecular flexibility index (Phi) is 6.45. The zero-order chi connectivity index (χ0) is 15.2. The van der Waals surface area contributed by atoms with E-state index in [1.54, 1.807) is 7.11 Å². The Morgan fingerprint density at radius 3 is 2.20 bits per heavy atom. The van der Waals surface area contributed by atoms with E-state index < -0.39 is 10.0 Å². The van der Waals surface area contributed by atoms with Crippen LogP contribution in [0.1, 0.15) is 25.5 Å². The van der Waals surface area contributed by atoms with Crippen LogP contribution in [0.15, 0.2) is 24.3 Å². The number of ether oxygens (including phenoxy) is 2. The van der Waals surface area contributed by atoms with E-state index in [1.807, 2.05) is 38.1 Å². The standard InChI is InChI=1S/C14H23NO4S/c1-11(2)14(15-20(16,17)10-9-18-3)12-5-7-13(19-4)8-6-12/h5-8,11,14-15H,9-10H2,1-4H3/t14-/m0/s1. The SMILES string of the molecule is COCCS(=O)(=O)N[C@H](c1ccc(OC)cc1)C(C)C. The minimum absolute atomic E-state index is 0.0388. The minimum atomic E-state index is -3.36. The summed E-state index contributed by atoms with van der Waals surface area (Å²) in [5.74, 6) is 0.849. The molecule has 0 fully saturated rings. The van der Waals surface area contributed by atoms with Crippen LogP contribution in [-0.4, -0.2) is 35.0 Å². The molecular weight excluding hydrogens is 278 g/mol. The van der Waals surface area contributed by atoms with E-state index in [1.165, 1.54) is 7.11 Å². The zero-order valence-corrected chi connectivity index (χ0v) is 13.2. The van der Waals surface area contributed by atoms with Crippen LogP contribution in [0.3, 0.4) is 0 Å². The fraction of sp³-hybridized carbons (Fsp3) is 0.571. The van der Waals surface area contributed by atoms with Gasteiger partial charge in [0.15, 0.2) is 0 Å². The van der Waals surface area contributed by atoms with Crippen LogP contribution in [0.25, 0.3) is 0 Å². The highest BCUT2D eigenvalue weighted by atomic mass is 32.2. The first kappa shape index (κ1) is 16.9. The molecular formula is C14H23NO4S. The number of rotatable bonds is 8. The Morgan fingerprint density at radius 1 is 1.15 bits per heavy atom. The van der Waals surface area contributed by atoms with Crippen molar-refractivity contribution in [3.05, 3.63) is 29.8 Å². The monoisotopic (exact) mass is 301 g/mol. The second-order valence-corrected chi connectivity index (χ2v) is 6.80. The van der Waals surface area contributed by atoms with E-state index in [0.29, 0.717) is 0 Å². The highest BCUT2D eigenvalue weighted by Crippen LogP contribution is 2.24. The van der Waals surface area contributed by atoms with Crippen LogP contribution in [0, 0.1) is 5.92 Å². The van der Waals surface area contributed by atoms with Gasteiger partial charge in [-0.15, -0.1) is 0 Å². The molecule has 0 aliphatic heterocycles. The molecule has 0 spiro atoms. The van der Waals surface area contributed by atoms with Gasteiger partial charge in [-0.05, 0) is 23.6 Å².